The second kappa shape index (κ2) is 3.28. The molecule has 0 bridgehead atoms. The Kier molecular flexibility index (Phi) is 2.57. The van der Waals surface area contributed by atoms with Crippen molar-refractivity contribution in [3.8, 4) is 0 Å². The third-order valence-electron chi connectivity index (χ3n) is 1.31. The number of hydrogen-bond donors (Lipinski definition) is 1. The SMILES string of the molecule is NCc1cc(F)c(F)cc1Br. The first-order chi connectivity index (χ1) is 5.15. The van der Waals surface area contributed by atoms with Crippen LogP contribution >= 0.6 is 15.9 Å². The van der Waals surface area contributed by atoms with Gasteiger partial charge in [0.25, 0.3) is 0 Å². The number of hydrogen-bond acceptors (Lipinski definition) is 1. The van der Waals surface area contributed by atoms with E-state index in [-0.39, 0.29) is 6.54 Å². The van der Waals surface area contributed by atoms with Gasteiger partial charge in [-0.3, -0.25) is 0 Å². The summed E-state index contributed by atoms with van der Waals surface area (Å²) in [7, 11) is 0. The van der Waals surface area contributed by atoms with Crippen molar-refractivity contribution in [1.82, 2.24) is 0 Å². The third-order valence-corrected chi connectivity index (χ3v) is 2.05. The van der Waals surface area contributed by atoms with Crippen LogP contribution in [0.15, 0.2) is 16.6 Å². The molecule has 1 nitrogen and oxygen atoms in total. The molecule has 0 unspecified atom stereocenters. The summed E-state index contributed by atoms with van der Waals surface area (Å²) in [5, 5.41) is 0. The molecule has 0 fully saturated rings. The predicted octanol–water partition coefficient (Wildman–Crippen LogP) is 2.19. The Balaban J connectivity index is 3.21. The molecule has 60 valence electrons. The fourth-order valence-corrected chi connectivity index (χ4v) is 1.20. The summed E-state index contributed by atoms with van der Waals surface area (Å²) in [5.74, 6) is -1.73. The molecule has 4 heteroatoms. The normalized spacial score (nSPS) is 10.2. The van der Waals surface area contributed by atoms with E-state index in [2.05, 4.69) is 15.9 Å². The van der Waals surface area contributed by atoms with Crippen molar-refractivity contribution < 1.29 is 8.78 Å². The van der Waals surface area contributed by atoms with Crippen molar-refractivity contribution in [2.75, 3.05) is 0 Å². The largest absolute Gasteiger partial charge is 0.326 e. The fourth-order valence-electron chi connectivity index (χ4n) is 0.720. The van der Waals surface area contributed by atoms with Crippen LogP contribution in [0.1, 0.15) is 5.56 Å². The van der Waals surface area contributed by atoms with Crippen molar-refractivity contribution in [2.24, 2.45) is 5.73 Å². The first-order valence-corrected chi connectivity index (χ1v) is 3.78. The summed E-state index contributed by atoms with van der Waals surface area (Å²) in [6, 6.07) is 2.15. The van der Waals surface area contributed by atoms with Crippen LogP contribution in [0.3, 0.4) is 0 Å². The van der Waals surface area contributed by atoms with Crippen LogP contribution in [0.2, 0.25) is 0 Å². The second-order valence-corrected chi connectivity index (χ2v) is 2.92. The van der Waals surface area contributed by atoms with Crippen molar-refractivity contribution in [3.63, 3.8) is 0 Å². The summed E-state index contributed by atoms with van der Waals surface area (Å²) in [4.78, 5) is 0. The van der Waals surface area contributed by atoms with Gasteiger partial charge >= 0.3 is 0 Å². The zero-order chi connectivity index (χ0) is 8.43. The van der Waals surface area contributed by atoms with E-state index < -0.39 is 11.6 Å². The van der Waals surface area contributed by atoms with Gasteiger partial charge in [0.05, 0.1) is 0 Å². The molecule has 0 atom stereocenters. The van der Waals surface area contributed by atoms with Gasteiger partial charge in [0.2, 0.25) is 0 Å². The molecule has 0 aliphatic heterocycles. The van der Waals surface area contributed by atoms with Gasteiger partial charge in [0.1, 0.15) is 0 Å². The first-order valence-electron chi connectivity index (χ1n) is 2.98. The summed E-state index contributed by atoms with van der Waals surface area (Å²) >= 11 is 3.05. The van der Waals surface area contributed by atoms with Crippen molar-refractivity contribution in [1.29, 1.82) is 0 Å². The highest BCUT2D eigenvalue weighted by molar-refractivity contribution is 9.10. The summed E-state index contributed by atoms with van der Waals surface area (Å²) in [6.07, 6.45) is 0. The average molecular weight is 222 g/mol. The van der Waals surface area contributed by atoms with E-state index in [1.807, 2.05) is 0 Å². The molecule has 0 aromatic heterocycles. The Labute approximate surface area is 71.3 Å². The Hall–Kier alpha value is -0.480. The maximum Gasteiger partial charge on any atom is 0.159 e. The molecule has 0 saturated heterocycles. The molecular weight excluding hydrogens is 216 g/mol. The standard InChI is InChI=1S/C7H6BrF2N/c8-5-2-7(10)6(9)1-4(5)3-11/h1-2H,3,11H2. The molecule has 0 radical (unpaired) electrons. The Morgan fingerprint density at radius 2 is 1.82 bits per heavy atom. The zero-order valence-corrected chi connectivity index (χ0v) is 7.16. The van der Waals surface area contributed by atoms with Gasteiger partial charge in [-0.25, -0.2) is 8.78 Å². The van der Waals surface area contributed by atoms with E-state index in [1.165, 1.54) is 0 Å². The number of benzene rings is 1. The molecule has 0 saturated carbocycles. The van der Waals surface area contributed by atoms with Gasteiger partial charge in [-0.2, -0.15) is 0 Å². The molecule has 0 spiro atoms. The smallest absolute Gasteiger partial charge is 0.159 e. The fraction of sp³-hybridized carbons (Fsp3) is 0.143. The number of halogens is 3. The van der Waals surface area contributed by atoms with Crippen molar-refractivity contribution >= 4 is 15.9 Å². The Bertz CT molecular complexity index is 275. The van der Waals surface area contributed by atoms with Crippen LogP contribution in [0.25, 0.3) is 0 Å². The molecule has 1 aromatic rings. The molecule has 0 amide bonds. The number of rotatable bonds is 1. The summed E-state index contributed by atoms with van der Waals surface area (Å²) < 4.78 is 25.4. The minimum Gasteiger partial charge on any atom is -0.326 e. The lowest BCUT2D eigenvalue weighted by atomic mass is 10.2. The third kappa shape index (κ3) is 1.75. The lowest BCUT2D eigenvalue weighted by Gasteiger charge is -2.00. The zero-order valence-electron chi connectivity index (χ0n) is 5.57. The van der Waals surface area contributed by atoms with Gasteiger partial charge < -0.3 is 5.73 Å². The lowest BCUT2D eigenvalue weighted by Crippen LogP contribution is -1.99. The minimum atomic E-state index is -0.867. The topological polar surface area (TPSA) is 26.0 Å². The molecule has 0 aliphatic carbocycles. The van der Waals surface area contributed by atoms with E-state index >= 15 is 0 Å². The van der Waals surface area contributed by atoms with E-state index in [1.54, 1.807) is 0 Å². The summed E-state index contributed by atoms with van der Waals surface area (Å²) in [5.41, 5.74) is 5.81. The monoisotopic (exact) mass is 221 g/mol. The highest BCUT2D eigenvalue weighted by atomic mass is 79.9. The Morgan fingerprint density at radius 1 is 1.27 bits per heavy atom. The molecule has 11 heavy (non-hydrogen) atoms. The van der Waals surface area contributed by atoms with E-state index in [9.17, 15) is 8.78 Å². The average Bonchev–Trinajstić information content (AvgIpc) is 1.97. The first kappa shape index (κ1) is 8.62. The summed E-state index contributed by atoms with van der Waals surface area (Å²) in [6.45, 7) is 0.192. The van der Waals surface area contributed by atoms with Gasteiger partial charge in [-0.1, -0.05) is 15.9 Å². The molecule has 1 rings (SSSR count). The minimum absolute atomic E-state index is 0.192. The van der Waals surface area contributed by atoms with Crippen LogP contribution in [-0.2, 0) is 6.54 Å². The maximum absolute atomic E-state index is 12.5. The highest BCUT2D eigenvalue weighted by Gasteiger charge is 2.05. The van der Waals surface area contributed by atoms with Crippen LogP contribution in [0.5, 0.6) is 0 Å². The van der Waals surface area contributed by atoms with E-state index in [4.69, 9.17) is 5.73 Å². The van der Waals surface area contributed by atoms with Gasteiger partial charge in [0, 0.05) is 11.0 Å². The molecular formula is C7H6BrF2N. The molecule has 2 N–H and O–H groups in total. The predicted molar refractivity (Wildman–Crippen MR) is 41.9 cm³/mol. The van der Waals surface area contributed by atoms with Gasteiger partial charge in [-0.15, -0.1) is 0 Å². The van der Waals surface area contributed by atoms with E-state index in [0.717, 1.165) is 12.1 Å². The quantitative estimate of drug-likeness (QED) is 0.724. The van der Waals surface area contributed by atoms with Crippen molar-refractivity contribution in [2.45, 2.75) is 6.54 Å². The van der Waals surface area contributed by atoms with Crippen molar-refractivity contribution in [3.05, 3.63) is 33.8 Å². The maximum atomic E-state index is 12.5. The van der Waals surface area contributed by atoms with E-state index in [0.29, 0.717) is 10.0 Å². The van der Waals surface area contributed by atoms with Gasteiger partial charge in [0.15, 0.2) is 11.6 Å². The number of nitrogens with two attached hydrogens (primary N) is 1. The van der Waals surface area contributed by atoms with Crippen LogP contribution in [0.4, 0.5) is 8.78 Å². The van der Waals surface area contributed by atoms with Crippen LogP contribution in [0, 0.1) is 11.6 Å². The lowest BCUT2D eigenvalue weighted by molar-refractivity contribution is 0.506. The van der Waals surface area contributed by atoms with Gasteiger partial charge in [-0.05, 0) is 17.7 Å². The van der Waals surface area contributed by atoms with Crippen LogP contribution in [-0.4, -0.2) is 0 Å². The molecule has 0 aliphatic rings. The second-order valence-electron chi connectivity index (χ2n) is 2.06. The van der Waals surface area contributed by atoms with Crippen LogP contribution < -0.4 is 5.73 Å². The highest BCUT2D eigenvalue weighted by Crippen LogP contribution is 2.19. The Morgan fingerprint density at radius 3 is 2.36 bits per heavy atom. The molecule has 0 heterocycles. The molecule has 1 aromatic carbocycles.